The first-order valence-electron chi connectivity index (χ1n) is 3.47. The highest BCUT2D eigenvalue weighted by atomic mass is 35.5. The maximum Gasteiger partial charge on any atom is 0.305 e. The highest BCUT2D eigenvalue weighted by Gasteiger charge is 2.04. The molecule has 66 valence electrons. The largest absolute Gasteiger partial charge is 0.469 e. The highest BCUT2D eigenvalue weighted by molar-refractivity contribution is 6.28. The Balaban J connectivity index is 3.20. The van der Waals surface area contributed by atoms with Crippen LogP contribution in [0.2, 0.25) is 0 Å². The van der Waals surface area contributed by atoms with E-state index < -0.39 is 0 Å². The van der Waals surface area contributed by atoms with Gasteiger partial charge < -0.3 is 4.74 Å². The molecule has 0 saturated heterocycles. The van der Waals surface area contributed by atoms with Gasteiger partial charge in [0.15, 0.2) is 0 Å². The zero-order chi connectivity index (χ0) is 8.69. The Morgan fingerprint density at radius 1 is 1.64 bits per heavy atom. The van der Waals surface area contributed by atoms with Crippen LogP contribution >= 0.6 is 23.2 Å². The zero-order valence-corrected chi connectivity index (χ0v) is 7.99. The van der Waals surface area contributed by atoms with Gasteiger partial charge in [0.2, 0.25) is 0 Å². The van der Waals surface area contributed by atoms with Crippen LogP contribution in [0.4, 0.5) is 0 Å². The summed E-state index contributed by atoms with van der Waals surface area (Å²) >= 11 is 11.2. The van der Waals surface area contributed by atoms with Gasteiger partial charge in [-0.15, -0.1) is 23.2 Å². The number of carbonyl (C=O) groups excluding carboxylic acids is 1. The summed E-state index contributed by atoms with van der Waals surface area (Å²) in [6.45, 7) is 0. The third-order valence-corrected chi connectivity index (χ3v) is 2.20. The molecular formula is C7H12Cl2O2. The van der Waals surface area contributed by atoms with E-state index in [0.717, 1.165) is 12.8 Å². The van der Waals surface area contributed by atoms with Gasteiger partial charge in [0, 0.05) is 17.7 Å². The molecule has 0 N–H and O–H groups in total. The molecule has 0 aromatic rings. The number of rotatable bonds is 5. The molecule has 0 saturated carbocycles. The smallest absolute Gasteiger partial charge is 0.305 e. The van der Waals surface area contributed by atoms with Crippen molar-refractivity contribution >= 4 is 29.2 Å². The molecule has 0 spiro atoms. The van der Waals surface area contributed by atoms with Crippen LogP contribution in [-0.4, -0.2) is 24.3 Å². The number of alkyl halides is 2. The fraction of sp³-hybridized carbons (Fsp3) is 0.857. The van der Waals surface area contributed by atoms with E-state index in [4.69, 9.17) is 23.2 Å². The van der Waals surface area contributed by atoms with Crippen molar-refractivity contribution in [1.29, 1.82) is 0 Å². The minimum atomic E-state index is -0.191. The van der Waals surface area contributed by atoms with Crippen molar-refractivity contribution in [2.24, 2.45) is 0 Å². The first-order chi connectivity index (χ1) is 5.20. The molecule has 0 aliphatic heterocycles. The molecular weight excluding hydrogens is 187 g/mol. The van der Waals surface area contributed by atoms with Crippen LogP contribution in [0.3, 0.4) is 0 Å². The number of carbonyl (C=O) groups is 1. The molecule has 0 amide bonds. The van der Waals surface area contributed by atoms with E-state index in [-0.39, 0.29) is 11.3 Å². The Morgan fingerprint density at radius 3 is 2.73 bits per heavy atom. The van der Waals surface area contributed by atoms with Gasteiger partial charge in [-0.25, -0.2) is 0 Å². The van der Waals surface area contributed by atoms with E-state index in [0.29, 0.717) is 12.3 Å². The van der Waals surface area contributed by atoms with E-state index in [1.807, 2.05) is 0 Å². The van der Waals surface area contributed by atoms with Gasteiger partial charge in [-0.3, -0.25) is 4.79 Å². The molecule has 0 aromatic carbocycles. The summed E-state index contributed by atoms with van der Waals surface area (Å²) in [4.78, 5) is 10.6. The second-order valence-corrected chi connectivity index (χ2v) is 3.15. The van der Waals surface area contributed by atoms with Crippen molar-refractivity contribution in [3.05, 3.63) is 0 Å². The molecule has 0 heterocycles. The third kappa shape index (κ3) is 6.45. The Morgan fingerprint density at radius 2 is 2.27 bits per heavy atom. The van der Waals surface area contributed by atoms with E-state index in [2.05, 4.69) is 4.74 Å². The Kier molecular flexibility index (Phi) is 6.77. The SMILES string of the molecule is COC(=O)CCCC(Cl)CCl. The van der Waals surface area contributed by atoms with E-state index in [1.165, 1.54) is 7.11 Å². The molecule has 4 heteroatoms. The lowest BCUT2D eigenvalue weighted by atomic mass is 10.2. The first kappa shape index (κ1) is 11.1. The lowest BCUT2D eigenvalue weighted by molar-refractivity contribution is -0.140. The van der Waals surface area contributed by atoms with Crippen molar-refractivity contribution in [3.63, 3.8) is 0 Å². The maximum absolute atomic E-state index is 10.6. The fourth-order valence-corrected chi connectivity index (χ4v) is 0.956. The average molecular weight is 199 g/mol. The van der Waals surface area contributed by atoms with Crippen molar-refractivity contribution in [2.75, 3.05) is 13.0 Å². The lowest BCUT2D eigenvalue weighted by Crippen LogP contribution is -2.04. The van der Waals surface area contributed by atoms with Crippen LogP contribution in [-0.2, 0) is 9.53 Å². The molecule has 2 nitrogen and oxygen atoms in total. The van der Waals surface area contributed by atoms with Gasteiger partial charge in [-0.2, -0.15) is 0 Å². The number of ether oxygens (including phenoxy) is 1. The molecule has 1 unspecified atom stereocenters. The summed E-state index contributed by atoms with van der Waals surface area (Å²) in [5, 5.41) is -0.0266. The van der Waals surface area contributed by atoms with E-state index >= 15 is 0 Å². The van der Waals surface area contributed by atoms with Gasteiger partial charge in [0.1, 0.15) is 0 Å². The van der Waals surface area contributed by atoms with Crippen LogP contribution in [0, 0.1) is 0 Å². The molecule has 0 rings (SSSR count). The number of esters is 1. The normalized spacial score (nSPS) is 12.6. The molecule has 0 aromatic heterocycles. The minimum Gasteiger partial charge on any atom is -0.469 e. The third-order valence-electron chi connectivity index (χ3n) is 1.29. The summed E-state index contributed by atoms with van der Waals surface area (Å²) < 4.78 is 4.45. The Bertz CT molecular complexity index is 117. The number of hydrogen-bond acceptors (Lipinski definition) is 2. The van der Waals surface area contributed by atoms with Crippen LogP contribution in [0.15, 0.2) is 0 Å². The summed E-state index contributed by atoms with van der Waals surface area (Å²) in [7, 11) is 1.38. The highest BCUT2D eigenvalue weighted by Crippen LogP contribution is 2.09. The van der Waals surface area contributed by atoms with Crippen molar-refractivity contribution in [1.82, 2.24) is 0 Å². The van der Waals surface area contributed by atoms with Gasteiger partial charge >= 0.3 is 5.97 Å². The minimum absolute atomic E-state index is 0.0266. The van der Waals surface area contributed by atoms with Crippen LogP contribution in [0.25, 0.3) is 0 Å². The summed E-state index contributed by atoms with van der Waals surface area (Å²) in [5.41, 5.74) is 0. The van der Waals surface area contributed by atoms with Gasteiger partial charge in [-0.1, -0.05) is 0 Å². The number of hydrogen-bond donors (Lipinski definition) is 0. The second-order valence-electron chi connectivity index (χ2n) is 2.22. The molecule has 11 heavy (non-hydrogen) atoms. The Labute approximate surface area is 76.8 Å². The Hall–Kier alpha value is 0.0500. The van der Waals surface area contributed by atoms with E-state index in [1.54, 1.807) is 0 Å². The van der Waals surface area contributed by atoms with Crippen LogP contribution in [0.5, 0.6) is 0 Å². The predicted molar refractivity (Wildman–Crippen MR) is 46.2 cm³/mol. The quantitative estimate of drug-likeness (QED) is 0.501. The van der Waals surface area contributed by atoms with Gasteiger partial charge in [0.05, 0.1) is 7.11 Å². The summed E-state index contributed by atoms with van der Waals surface area (Å²) in [6.07, 6.45) is 1.93. The van der Waals surface area contributed by atoms with Gasteiger partial charge in [0.25, 0.3) is 0 Å². The summed E-state index contributed by atoms with van der Waals surface area (Å²) in [6, 6.07) is 0. The first-order valence-corrected chi connectivity index (χ1v) is 4.44. The summed E-state index contributed by atoms with van der Waals surface area (Å²) in [5.74, 6) is 0.242. The van der Waals surface area contributed by atoms with Crippen molar-refractivity contribution in [3.8, 4) is 0 Å². The van der Waals surface area contributed by atoms with Crippen molar-refractivity contribution < 1.29 is 9.53 Å². The second kappa shape index (κ2) is 6.74. The van der Waals surface area contributed by atoms with Crippen LogP contribution < -0.4 is 0 Å². The lowest BCUT2D eigenvalue weighted by Gasteiger charge is -2.02. The van der Waals surface area contributed by atoms with Crippen LogP contribution in [0.1, 0.15) is 19.3 Å². The van der Waals surface area contributed by atoms with Gasteiger partial charge in [-0.05, 0) is 12.8 Å². The van der Waals surface area contributed by atoms with E-state index in [9.17, 15) is 4.79 Å². The molecule has 0 aliphatic carbocycles. The fourth-order valence-electron chi connectivity index (χ4n) is 0.647. The average Bonchev–Trinajstić information content (AvgIpc) is 2.04. The molecule has 0 aliphatic rings. The van der Waals surface area contributed by atoms with Crippen molar-refractivity contribution in [2.45, 2.75) is 24.6 Å². The standard InChI is InChI=1S/C7H12Cl2O2/c1-11-7(10)4-2-3-6(9)5-8/h6H,2-5H2,1H3. The predicted octanol–water partition coefficient (Wildman–Crippen LogP) is 2.18. The number of methoxy groups -OCH3 is 1. The monoisotopic (exact) mass is 198 g/mol. The molecule has 0 radical (unpaired) electrons. The number of halogens is 2. The topological polar surface area (TPSA) is 26.3 Å². The molecule has 1 atom stereocenters. The zero-order valence-electron chi connectivity index (χ0n) is 6.48. The molecule has 0 bridgehead atoms. The maximum atomic E-state index is 10.6. The molecule has 0 fully saturated rings.